The van der Waals surface area contributed by atoms with Gasteiger partial charge in [-0.3, -0.25) is 4.79 Å². The summed E-state index contributed by atoms with van der Waals surface area (Å²) < 4.78 is 4.80. The van der Waals surface area contributed by atoms with Crippen LogP contribution in [-0.2, 0) is 9.53 Å². The number of esters is 1. The van der Waals surface area contributed by atoms with Crippen molar-refractivity contribution in [3.63, 3.8) is 0 Å². The average molecular weight is 273 g/mol. The maximum absolute atomic E-state index is 11.2. The van der Waals surface area contributed by atoms with Crippen molar-refractivity contribution in [3.8, 4) is 0 Å². The van der Waals surface area contributed by atoms with Crippen LogP contribution in [0.2, 0.25) is 5.02 Å². The topological polar surface area (TPSA) is 64.3 Å². The third kappa shape index (κ3) is 4.20. The largest absolute Gasteiger partial charge is 0.465 e. The number of benzene rings is 1. The van der Waals surface area contributed by atoms with Crippen molar-refractivity contribution in [3.05, 3.63) is 28.8 Å². The van der Waals surface area contributed by atoms with E-state index in [4.69, 9.17) is 34.3 Å². The molecule has 6 heteroatoms. The van der Waals surface area contributed by atoms with E-state index in [-0.39, 0.29) is 17.5 Å². The van der Waals surface area contributed by atoms with Crippen LogP contribution in [0.25, 0.3) is 0 Å². The van der Waals surface area contributed by atoms with Gasteiger partial charge in [0.1, 0.15) is 11.5 Å². The minimum absolute atomic E-state index is 0.0454. The van der Waals surface area contributed by atoms with Gasteiger partial charge >= 0.3 is 5.97 Å². The molecular weight excluding hydrogens is 260 g/mol. The SMILES string of the molecule is CCOC(=O)CNc1cc(Cl)ccc1C(N)=S. The van der Waals surface area contributed by atoms with Gasteiger partial charge in [-0.2, -0.15) is 0 Å². The minimum atomic E-state index is -0.346. The third-order valence-electron chi connectivity index (χ3n) is 1.98. The van der Waals surface area contributed by atoms with Gasteiger partial charge in [-0.25, -0.2) is 0 Å². The molecule has 4 nitrogen and oxygen atoms in total. The number of carbonyl (C=O) groups excluding carboxylic acids is 1. The molecule has 0 amide bonds. The van der Waals surface area contributed by atoms with E-state index in [1.165, 1.54) is 0 Å². The molecule has 17 heavy (non-hydrogen) atoms. The lowest BCUT2D eigenvalue weighted by Crippen LogP contribution is -2.19. The van der Waals surface area contributed by atoms with Crippen LogP contribution < -0.4 is 11.1 Å². The van der Waals surface area contributed by atoms with Crippen LogP contribution >= 0.6 is 23.8 Å². The molecule has 1 aromatic carbocycles. The third-order valence-corrected chi connectivity index (χ3v) is 2.43. The fraction of sp³-hybridized carbons (Fsp3) is 0.273. The number of halogens is 1. The van der Waals surface area contributed by atoms with Crippen molar-refractivity contribution < 1.29 is 9.53 Å². The van der Waals surface area contributed by atoms with E-state index < -0.39 is 0 Å². The highest BCUT2D eigenvalue weighted by Gasteiger charge is 2.08. The summed E-state index contributed by atoms with van der Waals surface area (Å²) in [5.41, 5.74) is 6.83. The molecule has 0 aliphatic heterocycles. The predicted molar refractivity (Wildman–Crippen MR) is 72.5 cm³/mol. The highest BCUT2D eigenvalue weighted by atomic mass is 35.5. The van der Waals surface area contributed by atoms with Gasteiger partial charge in [0.15, 0.2) is 0 Å². The molecule has 92 valence electrons. The number of anilines is 1. The first kappa shape index (κ1) is 13.7. The first-order valence-corrected chi connectivity index (χ1v) is 5.82. The molecule has 0 spiro atoms. The van der Waals surface area contributed by atoms with Crippen molar-refractivity contribution in [2.24, 2.45) is 5.73 Å². The van der Waals surface area contributed by atoms with E-state index in [9.17, 15) is 4.79 Å². The van der Waals surface area contributed by atoms with Crippen LogP contribution in [0, 0.1) is 0 Å². The van der Waals surface area contributed by atoms with Crippen molar-refractivity contribution in [1.82, 2.24) is 0 Å². The summed E-state index contributed by atoms with van der Waals surface area (Å²) in [4.78, 5) is 11.4. The zero-order valence-corrected chi connectivity index (χ0v) is 10.9. The quantitative estimate of drug-likeness (QED) is 0.634. The molecule has 1 aromatic rings. The summed E-state index contributed by atoms with van der Waals surface area (Å²) in [5, 5.41) is 3.43. The Balaban J connectivity index is 2.78. The summed E-state index contributed by atoms with van der Waals surface area (Å²) in [6.45, 7) is 2.14. The van der Waals surface area contributed by atoms with Crippen LogP contribution in [0.15, 0.2) is 18.2 Å². The molecule has 0 aliphatic carbocycles. The first-order valence-electron chi connectivity index (χ1n) is 5.03. The van der Waals surface area contributed by atoms with Gasteiger partial charge in [0.25, 0.3) is 0 Å². The number of carbonyl (C=O) groups is 1. The molecule has 0 aliphatic rings. The summed E-state index contributed by atoms with van der Waals surface area (Å²) in [7, 11) is 0. The zero-order valence-electron chi connectivity index (χ0n) is 9.33. The molecule has 1 rings (SSSR count). The van der Waals surface area contributed by atoms with Crippen LogP contribution in [-0.4, -0.2) is 24.1 Å². The van der Waals surface area contributed by atoms with Crippen LogP contribution in [0.5, 0.6) is 0 Å². The highest BCUT2D eigenvalue weighted by Crippen LogP contribution is 2.20. The molecule has 0 saturated heterocycles. The molecule has 0 unspecified atom stereocenters. The summed E-state index contributed by atoms with van der Waals surface area (Å²) in [6.07, 6.45) is 0. The monoisotopic (exact) mass is 272 g/mol. The van der Waals surface area contributed by atoms with Crippen LogP contribution in [0.1, 0.15) is 12.5 Å². The number of hydrogen-bond acceptors (Lipinski definition) is 4. The second kappa shape index (κ2) is 6.42. The summed E-state index contributed by atoms with van der Waals surface area (Å²) in [6, 6.07) is 5.05. The van der Waals surface area contributed by atoms with E-state index in [0.29, 0.717) is 22.9 Å². The number of thiocarbonyl (C=S) groups is 1. The number of nitrogens with one attached hydrogen (secondary N) is 1. The van der Waals surface area contributed by atoms with Gasteiger partial charge in [-0.1, -0.05) is 23.8 Å². The number of nitrogens with two attached hydrogens (primary N) is 1. The Morgan fingerprint density at radius 3 is 2.88 bits per heavy atom. The Morgan fingerprint density at radius 2 is 2.29 bits per heavy atom. The lowest BCUT2D eigenvalue weighted by Gasteiger charge is -2.11. The van der Waals surface area contributed by atoms with E-state index in [1.807, 2.05) is 0 Å². The summed E-state index contributed by atoms with van der Waals surface area (Å²) >= 11 is 10.8. The van der Waals surface area contributed by atoms with Crippen LogP contribution in [0.3, 0.4) is 0 Å². The normalized spacial score (nSPS) is 9.76. The summed E-state index contributed by atoms with van der Waals surface area (Å²) in [5.74, 6) is -0.346. The molecule has 0 aromatic heterocycles. The van der Waals surface area contributed by atoms with Crippen LogP contribution in [0.4, 0.5) is 5.69 Å². The van der Waals surface area contributed by atoms with Gasteiger partial charge < -0.3 is 15.8 Å². The second-order valence-corrected chi connectivity index (χ2v) is 4.09. The van der Waals surface area contributed by atoms with Gasteiger partial charge in [0.05, 0.1) is 6.61 Å². The Hall–Kier alpha value is -1.33. The Kier molecular flexibility index (Phi) is 5.18. The van der Waals surface area contributed by atoms with Gasteiger partial charge in [-0.15, -0.1) is 0 Å². The zero-order chi connectivity index (χ0) is 12.8. The Labute approximate surface area is 110 Å². The number of ether oxygens (including phenoxy) is 1. The molecule has 0 saturated carbocycles. The van der Waals surface area contributed by atoms with Crippen molar-refractivity contribution in [1.29, 1.82) is 0 Å². The molecule has 0 radical (unpaired) electrons. The Morgan fingerprint density at radius 1 is 1.59 bits per heavy atom. The van der Waals surface area contributed by atoms with Gasteiger partial charge in [-0.05, 0) is 25.1 Å². The predicted octanol–water partition coefficient (Wildman–Crippen LogP) is 1.95. The number of hydrogen-bond donors (Lipinski definition) is 2. The second-order valence-electron chi connectivity index (χ2n) is 3.21. The average Bonchev–Trinajstić information content (AvgIpc) is 2.26. The molecule has 0 bridgehead atoms. The van der Waals surface area contributed by atoms with Gasteiger partial charge in [0.2, 0.25) is 0 Å². The van der Waals surface area contributed by atoms with Crippen molar-refractivity contribution >= 4 is 40.5 Å². The smallest absolute Gasteiger partial charge is 0.325 e. The van der Waals surface area contributed by atoms with E-state index in [2.05, 4.69) is 5.32 Å². The molecule has 0 heterocycles. The minimum Gasteiger partial charge on any atom is -0.465 e. The molecule has 0 atom stereocenters. The van der Waals surface area contributed by atoms with Crippen molar-refractivity contribution in [2.75, 3.05) is 18.5 Å². The van der Waals surface area contributed by atoms with Crippen molar-refractivity contribution in [2.45, 2.75) is 6.92 Å². The van der Waals surface area contributed by atoms with E-state index in [1.54, 1.807) is 25.1 Å². The van der Waals surface area contributed by atoms with E-state index in [0.717, 1.165) is 0 Å². The fourth-order valence-corrected chi connectivity index (χ4v) is 1.61. The molecule has 0 fully saturated rings. The molecular formula is C11H13ClN2O2S. The lowest BCUT2D eigenvalue weighted by atomic mass is 10.2. The number of rotatable bonds is 5. The standard InChI is InChI=1S/C11H13ClN2O2S/c1-2-16-10(15)6-14-9-5-7(12)3-4-8(9)11(13)17/h3-5,14H,2,6H2,1H3,(H2,13,17). The lowest BCUT2D eigenvalue weighted by molar-refractivity contribution is -0.140. The molecule has 3 N–H and O–H groups in total. The van der Waals surface area contributed by atoms with Gasteiger partial charge in [0, 0.05) is 16.3 Å². The van der Waals surface area contributed by atoms with E-state index >= 15 is 0 Å². The maximum atomic E-state index is 11.2. The highest BCUT2D eigenvalue weighted by molar-refractivity contribution is 7.80. The first-order chi connectivity index (χ1) is 8.04. The Bertz CT molecular complexity index is 437. The maximum Gasteiger partial charge on any atom is 0.325 e. The fourth-order valence-electron chi connectivity index (χ4n) is 1.26.